The summed E-state index contributed by atoms with van der Waals surface area (Å²) in [5, 5.41) is 12.3. The molecule has 8 heteroatoms. The van der Waals surface area contributed by atoms with E-state index in [-0.39, 0.29) is 11.2 Å². The Morgan fingerprint density at radius 2 is 1.91 bits per heavy atom. The molecule has 1 aliphatic rings. The maximum Gasteiger partial charge on any atom is 0.237 e. The highest BCUT2D eigenvalue weighted by atomic mass is 32.2. The third-order valence-electron chi connectivity index (χ3n) is 5.60. The Hall–Kier alpha value is -2.84. The lowest BCUT2D eigenvalue weighted by Gasteiger charge is -2.28. The Kier molecular flexibility index (Phi) is 7.67. The third-order valence-corrected chi connectivity index (χ3v) is 6.68. The van der Waals surface area contributed by atoms with Gasteiger partial charge in [0.15, 0.2) is 11.0 Å². The van der Waals surface area contributed by atoms with Crippen LogP contribution in [0.3, 0.4) is 0 Å². The van der Waals surface area contributed by atoms with Crippen LogP contribution in [0.4, 0.5) is 11.4 Å². The number of nitrogens with one attached hydrogen (secondary N) is 1. The molecule has 0 radical (unpaired) electrons. The quantitative estimate of drug-likeness (QED) is 0.490. The first-order valence-electron chi connectivity index (χ1n) is 11.5. The van der Waals surface area contributed by atoms with Gasteiger partial charge in [0, 0.05) is 36.6 Å². The summed E-state index contributed by atoms with van der Waals surface area (Å²) in [6.07, 6.45) is 0.959. The molecule has 0 saturated carbocycles. The molecule has 2 heterocycles. The van der Waals surface area contributed by atoms with Gasteiger partial charge in [0.2, 0.25) is 5.91 Å². The van der Waals surface area contributed by atoms with Gasteiger partial charge < -0.3 is 19.5 Å². The van der Waals surface area contributed by atoms with Crippen molar-refractivity contribution >= 4 is 29.0 Å². The molecule has 1 N–H and O–H groups in total. The van der Waals surface area contributed by atoms with E-state index in [1.54, 1.807) is 0 Å². The topological polar surface area (TPSA) is 72.3 Å². The first-order valence-corrected chi connectivity index (χ1v) is 12.3. The number of morpholine rings is 1. The number of hydrogen-bond donors (Lipinski definition) is 1. The van der Waals surface area contributed by atoms with Crippen LogP contribution in [-0.4, -0.2) is 52.2 Å². The molecule has 7 nitrogen and oxygen atoms in total. The second-order valence-corrected chi connectivity index (χ2v) is 9.53. The van der Waals surface area contributed by atoms with Gasteiger partial charge in [0.25, 0.3) is 0 Å². The van der Waals surface area contributed by atoms with Crippen LogP contribution < -0.4 is 10.2 Å². The number of benzene rings is 2. The van der Waals surface area contributed by atoms with E-state index in [1.807, 2.05) is 43.3 Å². The number of thioether (sulfide) groups is 1. The summed E-state index contributed by atoms with van der Waals surface area (Å²) >= 11 is 1.44. The summed E-state index contributed by atoms with van der Waals surface area (Å²) in [5.41, 5.74) is 4.16. The van der Waals surface area contributed by atoms with Gasteiger partial charge in [-0.3, -0.25) is 4.79 Å². The van der Waals surface area contributed by atoms with Crippen molar-refractivity contribution in [2.24, 2.45) is 0 Å². The molecule has 4 rings (SSSR count). The highest BCUT2D eigenvalue weighted by Gasteiger charge is 2.21. The highest BCUT2D eigenvalue weighted by Crippen LogP contribution is 2.28. The van der Waals surface area contributed by atoms with Gasteiger partial charge >= 0.3 is 0 Å². The second-order valence-electron chi connectivity index (χ2n) is 8.22. The van der Waals surface area contributed by atoms with Gasteiger partial charge in [-0.15, -0.1) is 10.2 Å². The summed E-state index contributed by atoms with van der Waals surface area (Å²) < 4.78 is 7.53. The summed E-state index contributed by atoms with van der Waals surface area (Å²) in [5.74, 6) is 0.789. The fraction of sp³-hybridized carbons (Fsp3) is 0.400. The van der Waals surface area contributed by atoms with Gasteiger partial charge in [0.05, 0.1) is 18.5 Å². The summed E-state index contributed by atoms with van der Waals surface area (Å²) in [6.45, 7) is 10.2. The number of anilines is 2. The summed E-state index contributed by atoms with van der Waals surface area (Å²) in [4.78, 5) is 15.2. The van der Waals surface area contributed by atoms with Crippen molar-refractivity contribution in [2.45, 2.75) is 44.1 Å². The predicted molar refractivity (Wildman–Crippen MR) is 134 cm³/mol. The molecule has 1 amide bonds. The van der Waals surface area contributed by atoms with Crippen molar-refractivity contribution in [3.8, 4) is 11.4 Å². The minimum absolute atomic E-state index is 0.0534. The molecule has 2 aromatic carbocycles. The smallest absolute Gasteiger partial charge is 0.237 e. The molecule has 0 aliphatic carbocycles. The number of aryl methyl sites for hydroxylation is 1. The highest BCUT2D eigenvalue weighted by molar-refractivity contribution is 8.00. The lowest BCUT2D eigenvalue weighted by Crippen LogP contribution is -2.36. The normalized spacial score (nSPS) is 14.8. The van der Waals surface area contributed by atoms with Crippen molar-refractivity contribution in [3.05, 3.63) is 54.1 Å². The molecule has 1 aliphatic heterocycles. The number of ether oxygens (including phenoxy) is 1. The van der Waals surface area contributed by atoms with Crippen LogP contribution in [0.2, 0.25) is 0 Å². The fourth-order valence-corrected chi connectivity index (χ4v) is 4.71. The van der Waals surface area contributed by atoms with E-state index in [4.69, 9.17) is 4.74 Å². The van der Waals surface area contributed by atoms with E-state index < -0.39 is 0 Å². The largest absolute Gasteiger partial charge is 0.378 e. The number of amides is 1. The molecule has 1 atom stereocenters. The lowest BCUT2D eigenvalue weighted by atomic mass is 10.1. The fourth-order valence-electron chi connectivity index (χ4n) is 3.83. The zero-order chi connectivity index (χ0) is 23.2. The minimum Gasteiger partial charge on any atom is -0.378 e. The average molecular weight is 466 g/mol. The monoisotopic (exact) mass is 465 g/mol. The van der Waals surface area contributed by atoms with Crippen molar-refractivity contribution in [1.82, 2.24) is 14.8 Å². The van der Waals surface area contributed by atoms with Crippen LogP contribution in [0.25, 0.3) is 11.4 Å². The molecule has 1 fully saturated rings. The van der Waals surface area contributed by atoms with Gasteiger partial charge in [-0.2, -0.15) is 0 Å². The zero-order valence-corrected chi connectivity index (χ0v) is 20.3. The number of carbonyl (C=O) groups excluding carboxylic acids is 1. The number of carbonyl (C=O) groups is 1. The first kappa shape index (κ1) is 23.3. The summed E-state index contributed by atoms with van der Waals surface area (Å²) in [6, 6.07) is 16.3. The molecule has 0 spiro atoms. The van der Waals surface area contributed by atoms with Gasteiger partial charge in [0.1, 0.15) is 0 Å². The van der Waals surface area contributed by atoms with E-state index in [0.29, 0.717) is 0 Å². The van der Waals surface area contributed by atoms with E-state index in [2.05, 4.69) is 51.0 Å². The van der Waals surface area contributed by atoms with E-state index in [1.165, 1.54) is 17.3 Å². The summed E-state index contributed by atoms with van der Waals surface area (Å²) in [7, 11) is 0. The zero-order valence-electron chi connectivity index (χ0n) is 19.5. The maximum absolute atomic E-state index is 12.9. The Bertz CT molecular complexity index is 1080. The molecule has 0 bridgehead atoms. The Balaban J connectivity index is 1.42. The minimum atomic E-state index is -0.311. The molecular formula is C25H31N5O2S. The molecule has 3 aromatic rings. The van der Waals surface area contributed by atoms with Crippen molar-refractivity contribution < 1.29 is 9.53 Å². The van der Waals surface area contributed by atoms with Crippen LogP contribution in [-0.2, 0) is 16.1 Å². The van der Waals surface area contributed by atoms with E-state index in [9.17, 15) is 4.79 Å². The van der Waals surface area contributed by atoms with E-state index in [0.717, 1.165) is 67.2 Å². The van der Waals surface area contributed by atoms with Crippen molar-refractivity contribution in [3.63, 3.8) is 0 Å². The number of hydrogen-bond acceptors (Lipinski definition) is 6. The lowest BCUT2D eigenvalue weighted by molar-refractivity contribution is -0.115. The molecule has 174 valence electrons. The number of rotatable bonds is 8. The average Bonchev–Trinajstić information content (AvgIpc) is 3.22. The van der Waals surface area contributed by atoms with Gasteiger partial charge in [-0.05, 0) is 50.6 Å². The molecular weight excluding hydrogens is 434 g/mol. The van der Waals surface area contributed by atoms with Crippen LogP contribution in [0.15, 0.2) is 53.7 Å². The number of nitrogens with zero attached hydrogens (tertiary/aromatic N) is 4. The van der Waals surface area contributed by atoms with Crippen LogP contribution in [0.1, 0.15) is 25.8 Å². The number of aromatic nitrogens is 3. The Morgan fingerprint density at radius 1 is 1.15 bits per heavy atom. The molecule has 1 unspecified atom stereocenters. The third kappa shape index (κ3) is 5.75. The Morgan fingerprint density at radius 3 is 2.61 bits per heavy atom. The van der Waals surface area contributed by atoms with Crippen LogP contribution in [0.5, 0.6) is 0 Å². The van der Waals surface area contributed by atoms with Crippen molar-refractivity contribution in [1.29, 1.82) is 0 Å². The Labute approximate surface area is 199 Å². The maximum atomic E-state index is 12.9. The molecule has 1 saturated heterocycles. The SMILES string of the molecule is CCCn1c(SC(C)C(=O)Nc2ccc(N3CCOCC3)cc2)nnc1-c1cccc(C)c1. The second kappa shape index (κ2) is 10.9. The predicted octanol–water partition coefficient (Wildman–Crippen LogP) is 4.62. The molecule has 33 heavy (non-hydrogen) atoms. The van der Waals surface area contributed by atoms with Gasteiger partial charge in [-0.1, -0.05) is 42.4 Å². The standard InChI is InChI=1S/C25H31N5O2S/c1-4-12-30-23(20-7-5-6-18(2)17-20)27-28-25(30)33-19(3)24(31)26-21-8-10-22(11-9-21)29-13-15-32-16-14-29/h5-11,17,19H,4,12-16H2,1-3H3,(H,26,31). The first-order chi connectivity index (χ1) is 16.0. The van der Waals surface area contributed by atoms with Crippen molar-refractivity contribution in [2.75, 3.05) is 36.5 Å². The van der Waals surface area contributed by atoms with Crippen LogP contribution in [0, 0.1) is 6.92 Å². The van der Waals surface area contributed by atoms with Crippen LogP contribution >= 0.6 is 11.8 Å². The van der Waals surface area contributed by atoms with Gasteiger partial charge in [-0.25, -0.2) is 0 Å². The van der Waals surface area contributed by atoms with E-state index >= 15 is 0 Å². The molecule has 1 aromatic heterocycles.